The maximum atomic E-state index is 12.7. The molecule has 0 spiro atoms. The fraction of sp³-hybridized carbons (Fsp3) is 0.0526. The quantitative estimate of drug-likeness (QED) is 0.749. The molecule has 5 heteroatoms. The molecule has 4 nitrogen and oxygen atoms in total. The van der Waals surface area contributed by atoms with Crippen LogP contribution in [0.15, 0.2) is 65.6 Å². The lowest BCUT2D eigenvalue weighted by Crippen LogP contribution is -2.24. The molecule has 1 amide bonds. The zero-order valence-electron chi connectivity index (χ0n) is 13.0. The smallest absolute Gasteiger partial charge is 0.261 e. The normalized spacial score (nSPS) is 10.4. The van der Waals surface area contributed by atoms with Crippen LogP contribution in [0.5, 0.6) is 0 Å². The lowest BCUT2D eigenvalue weighted by molar-refractivity contribution is 0.102. The average molecular weight is 339 g/mol. The molecule has 0 aliphatic rings. The lowest BCUT2D eigenvalue weighted by Gasteiger charge is -2.10. The number of hydrogen-bond acceptors (Lipinski definition) is 2. The highest BCUT2D eigenvalue weighted by Crippen LogP contribution is 2.23. The molecule has 0 unspecified atom stereocenters. The first-order valence-corrected chi connectivity index (χ1v) is 7.78. The van der Waals surface area contributed by atoms with Gasteiger partial charge < -0.3 is 10.3 Å². The number of aromatic nitrogens is 1. The van der Waals surface area contributed by atoms with Crippen LogP contribution in [0.3, 0.4) is 0 Å². The summed E-state index contributed by atoms with van der Waals surface area (Å²) < 4.78 is 0. The number of halogens is 1. The third-order valence-electron chi connectivity index (χ3n) is 3.70. The maximum Gasteiger partial charge on any atom is 0.261 e. The summed E-state index contributed by atoms with van der Waals surface area (Å²) >= 11 is 6.08. The number of aromatic amines is 1. The topological polar surface area (TPSA) is 62.0 Å². The Balaban J connectivity index is 2.01. The molecule has 2 aromatic carbocycles. The number of pyridine rings is 1. The number of aryl methyl sites for hydroxylation is 1. The summed E-state index contributed by atoms with van der Waals surface area (Å²) in [5, 5.41) is 3.29. The number of rotatable bonds is 3. The fourth-order valence-electron chi connectivity index (χ4n) is 2.43. The van der Waals surface area contributed by atoms with E-state index in [1.54, 1.807) is 18.2 Å². The van der Waals surface area contributed by atoms with E-state index in [2.05, 4.69) is 10.3 Å². The molecular weight excluding hydrogens is 324 g/mol. The van der Waals surface area contributed by atoms with E-state index in [1.807, 2.05) is 43.3 Å². The molecule has 24 heavy (non-hydrogen) atoms. The Labute approximate surface area is 144 Å². The van der Waals surface area contributed by atoms with Gasteiger partial charge in [-0.3, -0.25) is 9.59 Å². The van der Waals surface area contributed by atoms with Gasteiger partial charge in [-0.25, -0.2) is 0 Å². The molecule has 1 aromatic heterocycles. The van der Waals surface area contributed by atoms with Crippen molar-refractivity contribution in [1.82, 2.24) is 4.98 Å². The zero-order chi connectivity index (χ0) is 17.1. The Morgan fingerprint density at radius 3 is 2.54 bits per heavy atom. The van der Waals surface area contributed by atoms with Gasteiger partial charge in [0, 0.05) is 22.5 Å². The van der Waals surface area contributed by atoms with Gasteiger partial charge in [-0.2, -0.15) is 0 Å². The van der Waals surface area contributed by atoms with Crippen LogP contribution in [0.2, 0.25) is 5.02 Å². The van der Waals surface area contributed by atoms with Gasteiger partial charge in [0.2, 0.25) is 0 Å². The van der Waals surface area contributed by atoms with Crippen molar-refractivity contribution in [2.75, 3.05) is 5.32 Å². The molecule has 0 saturated heterocycles. The Morgan fingerprint density at radius 1 is 1.08 bits per heavy atom. The largest absolute Gasteiger partial charge is 0.328 e. The fourth-order valence-corrected chi connectivity index (χ4v) is 2.61. The van der Waals surface area contributed by atoms with Crippen molar-refractivity contribution in [3.63, 3.8) is 0 Å². The molecule has 0 aliphatic carbocycles. The van der Waals surface area contributed by atoms with Crippen LogP contribution < -0.4 is 10.9 Å². The van der Waals surface area contributed by atoms with E-state index < -0.39 is 11.5 Å². The highest BCUT2D eigenvalue weighted by molar-refractivity contribution is 6.31. The highest BCUT2D eigenvalue weighted by Gasteiger charge is 2.17. The number of nitrogens with one attached hydrogen (secondary N) is 2. The molecule has 0 bridgehead atoms. The SMILES string of the molecule is Cc1ccc(NC(=O)c2c(-c3ccccc3)cc[nH]c2=O)cc1Cl. The first-order valence-electron chi connectivity index (χ1n) is 7.41. The maximum absolute atomic E-state index is 12.7. The summed E-state index contributed by atoms with van der Waals surface area (Å²) in [6.45, 7) is 1.88. The van der Waals surface area contributed by atoms with Gasteiger partial charge in [0.05, 0.1) is 0 Å². The molecule has 1 heterocycles. The van der Waals surface area contributed by atoms with E-state index >= 15 is 0 Å². The van der Waals surface area contributed by atoms with Crippen molar-refractivity contribution in [2.24, 2.45) is 0 Å². The number of H-pyrrole nitrogens is 1. The summed E-state index contributed by atoms with van der Waals surface area (Å²) in [7, 11) is 0. The minimum atomic E-state index is -0.476. The summed E-state index contributed by atoms with van der Waals surface area (Å²) in [6.07, 6.45) is 1.53. The number of carbonyl (C=O) groups is 1. The predicted octanol–water partition coefficient (Wildman–Crippen LogP) is 4.26. The van der Waals surface area contributed by atoms with Gasteiger partial charge in [-0.05, 0) is 36.2 Å². The molecule has 0 saturated carbocycles. The first-order chi connectivity index (χ1) is 11.6. The van der Waals surface area contributed by atoms with Crippen molar-refractivity contribution in [3.8, 4) is 11.1 Å². The van der Waals surface area contributed by atoms with E-state index in [4.69, 9.17) is 11.6 Å². The predicted molar refractivity (Wildman–Crippen MR) is 96.6 cm³/mol. The van der Waals surface area contributed by atoms with Gasteiger partial charge in [-0.15, -0.1) is 0 Å². The van der Waals surface area contributed by atoms with E-state index in [1.165, 1.54) is 6.20 Å². The van der Waals surface area contributed by atoms with Crippen LogP contribution in [0.4, 0.5) is 5.69 Å². The Bertz CT molecular complexity index is 949. The van der Waals surface area contributed by atoms with E-state index in [9.17, 15) is 9.59 Å². The Morgan fingerprint density at radius 2 is 1.83 bits per heavy atom. The average Bonchev–Trinajstić information content (AvgIpc) is 2.58. The van der Waals surface area contributed by atoms with Gasteiger partial charge in [0.1, 0.15) is 5.56 Å². The molecule has 0 radical (unpaired) electrons. The minimum Gasteiger partial charge on any atom is -0.328 e. The second-order valence-corrected chi connectivity index (χ2v) is 5.79. The Kier molecular flexibility index (Phi) is 4.49. The molecular formula is C19H15ClN2O2. The molecule has 3 aromatic rings. The summed E-state index contributed by atoms with van der Waals surface area (Å²) in [6, 6.07) is 16.2. The van der Waals surface area contributed by atoms with Crippen molar-refractivity contribution in [2.45, 2.75) is 6.92 Å². The van der Waals surface area contributed by atoms with E-state index in [-0.39, 0.29) is 5.56 Å². The number of benzene rings is 2. The molecule has 0 atom stereocenters. The monoisotopic (exact) mass is 338 g/mol. The second-order valence-electron chi connectivity index (χ2n) is 5.38. The summed E-state index contributed by atoms with van der Waals surface area (Å²) in [5.74, 6) is -0.476. The number of anilines is 1. The summed E-state index contributed by atoms with van der Waals surface area (Å²) in [4.78, 5) is 27.4. The number of carbonyl (C=O) groups excluding carboxylic acids is 1. The van der Waals surface area contributed by atoms with Crippen molar-refractivity contribution in [3.05, 3.63) is 87.3 Å². The van der Waals surface area contributed by atoms with Gasteiger partial charge >= 0.3 is 0 Å². The van der Waals surface area contributed by atoms with Gasteiger partial charge in [-0.1, -0.05) is 48.0 Å². The van der Waals surface area contributed by atoms with Crippen molar-refractivity contribution in [1.29, 1.82) is 0 Å². The lowest BCUT2D eigenvalue weighted by atomic mass is 10.0. The van der Waals surface area contributed by atoms with Crippen LogP contribution in [-0.4, -0.2) is 10.9 Å². The van der Waals surface area contributed by atoms with E-state index in [0.29, 0.717) is 16.3 Å². The van der Waals surface area contributed by atoms with E-state index in [0.717, 1.165) is 11.1 Å². The highest BCUT2D eigenvalue weighted by atomic mass is 35.5. The minimum absolute atomic E-state index is 0.0698. The third kappa shape index (κ3) is 3.24. The standard InChI is InChI=1S/C19H15ClN2O2/c1-12-7-8-14(11-16(12)20)22-19(24)17-15(9-10-21-18(17)23)13-5-3-2-4-6-13/h2-11H,1H3,(H,21,23)(H,22,24). The zero-order valence-corrected chi connectivity index (χ0v) is 13.7. The summed E-state index contributed by atoms with van der Waals surface area (Å²) in [5.41, 5.74) is 2.47. The number of hydrogen-bond donors (Lipinski definition) is 2. The molecule has 0 aliphatic heterocycles. The number of amides is 1. The molecule has 0 fully saturated rings. The van der Waals surface area contributed by atoms with Crippen LogP contribution in [0, 0.1) is 6.92 Å². The third-order valence-corrected chi connectivity index (χ3v) is 4.11. The second kappa shape index (κ2) is 6.72. The molecule has 3 rings (SSSR count). The van der Waals surface area contributed by atoms with Crippen LogP contribution in [0.1, 0.15) is 15.9 Å². The van der Waals surface area contributed by atoms with Crippen LogP contribution in [0.25, 0.3) is 11.1 Å². The first kappa shape index (κ1) is 16.0. The molecule has 120 valence electrons. The van der Waals surface area contributed by atoms with Crippen LogP contribution in [-0.2, 0) is 0 Å². The Hall–Kier alpha value is -2.85. The van der Waals surface area contributed by atoms with Gasteiger partial charge in [0.15, 0.2) is 0 Å². The van der Waals surface area contributed by atoms with Crippen molar-refractivity contribution >= 4 is 23.2 Å². The van der Waals surface area contributed by atoms with Crippen molar-refractivity contribution < 1.29 is 4.79 Å². The molecule has 2 N–H and O–H groups in total. The van der Waals surface area contributed by atoms with Crippen LogP contribution >= 0.6 is 11.6 Å². The van der Waals surface area contributed by atoms with Gasteiger partial charge in [0.25, 0.3) is 11.5 Å².